The minimum absolute atomic E-state index is 0.117. The van der Waals surface area contributed by atoms with Crippen LogP contribution in [0, 0.1) is 13.8 Å². The molecule has 42 heavy (non-hydrogen) atoms. The number of ether oxygens (including phenoxy) is 3. The Balaban J connectivity index is 1.28. The fraction of sp³-hybridized carbons (Fsp3) is 0.517. The van der Waals surface area contributed by atoms with Crippen LogP contribution in [0.4, 0.5) is 4.79 Å². The van der Waals surface area contributed by atoms with E-state index in [1.54, 1.807) is 18.2 Å². The first-order valence-corrected chi connectivity index (χ1v) is 16.0. The van der Waals surface area contributed by atoms with E-state index in [-0.39, 0.29) is 30.2 Å². The van der Waals surface area contributed by atoms with E-state index in [2.05, 4.69) is 27.6 Å². The fourth-order valence-electron chi connectivity index (χ4n) is 4.62. The molecule has 3 rings (SSSR count). The Morgan fingerprint density at radius 3 is 2.40 bits per heavy atom. The van der Waals surface area contributed by atoms with Crippen molar-refractivity contribution >= 4 is 34.1 Å². The fourth-order valence-corrected chi connectivity index (χ4v) is 6.00. The van der Waals surface area contributed by atoms with E-state index in [9.17, 15) is 18.0 Å². The molecule has 1 aliphatic carbocycles. The molecular weight excluding hydrogens is 584 g/mol. The summed E-state index contributed by atoms with van der Waals surface area (Å²) in [5.41, 5.74) is 4.25. The quantitative estimate of drug-likeness (QED) is 0.139. The van der Waals surface area contributed by atoms with Crippen LogP contribution in [0.5, 0.6) is 5.75 Å². The summed E-state index contributed by atoms with van der Waals surface area (Å²) in [4.78, 5) is 21.9. The number of halogens is 1. The molecule has 0 saturated heterocycles. The maximum Gasteiger partial charge on any atom is 0.314 e. The van der Waals surface area contributed by atoms with Crippen LogP contribution in [0.15, 0.2) is 35.2 Å². The van der Waals surface area contributed by atoms with E-state index in [1.165, 1.54) is 5.56 Å². The normalized spacial score (nSPS) is 14.3. The van der Waals surface area contributed by atoms with Gasteiger partial charge in [0.15, 0.2) is 0 Å². The minimum Gasteiger partial charge on any atom is -0.485 e. The minimum atomic E-state index is -3.71. The predicted molar refractivity (Wildman–Crippen MR) is 161 cm³/mol. The molecule has 2 aromatic rings. The summed E-state index contributed by atoms with van der Waals surface area (Å²) in [6.45, 7) is 6.59. The van der Waals surface area contributed by atoms with Crippen molar-refractivity contribution in [3.05, 3.63) is 57.6 Å². The van der Waals surface area contributed by atoms with E-state index in [0.29, 0.717) is 56.6 Å². The van der Waals surface area contributed by atoms with Gasteiger partial charge in [-0.05, 0) is 92.1 Å². The van der Waals surface area contributed by atoms with Crippen LogP contribution in [-0.2, 0) is 30.7 Å². The van der Waals surface area contributed by atoms with Crippen molar-refractivity contribution < 1.29 is 32.2 Å². The average Bonchev–Trinajstić information content (AvgIpc) is 3.35. The highest BCUT2D eigenvalue weighted by Gasteiger charge is 2.27. The number of fused-ring (bicyclic) bond motifs is 1. The third kappa shape index (κ3) is 10.7. The Labute approximate surface area is 253 Å². The number of carbonyl (C=O) groups excluding carboxylic acids is 2. The van der Waals surface area contributed by atoms with Gasteiger partial charge in [0.25, 0.3) is 0 Å². The van der Waals surface area contributed by atoms with Gasteiger partial charge in [-0.15, -0.1) is 0 Å². The van der Waals surface area contributed by atoms with E-state index in [1.807, 2.05) is 19.1 Å². The summed E-state index contributed by atoms with van der Waals surface area (Å²) in [6, 6.07) is 8.48. The standard InChI is InChI=1S/C29H41ClN4O7S/c1-21-17-23(30)19-26-25(21)6-8-28(26)41-27-7-5-24(18-22(27)2)42(37,38)34-12-14-40-16-15-39-13-11-33-29(36)32-10-4-3-9-31-20-35/h5,7,17-20,28,34H,3-4,6,8-16H2,1-2H3,(H,31,35)(H2,32,33,36)/t28-/m1/s1. The third-order valence-corrected chi connectivity index (χ3v) is 8.44. The number of unbranched alkanes of at least 4 members (excludes halogenated alkanes) is 1. The summed E-state index contributed by atoms with van der Waals surface area (Å²) in [7, 11) is -3.71. The zero-order valence-corrected chi connectivity index (χ0v) is 25.7. The smallest absolute Gasteiger partial charge is 0.314 e. The van der Waals surface area contributed by atoms with E-state index >= 15 is 0 Å². The molecule has 0 fully saturated rings. The summed E-state index contributed by atoms with van der Waals surface area (Å²) in [5, 5.41) is 8.66. The second-order valence-corrected chi connectivity index (χ2v) is 12.2. The molecule has 4 N–H and O–H groups in total. The Morgan fingerprint density at radius 2 is 1.67 bits per heavy atom. The number of sulfonamides is 1. The Hall–Kier alpha value is -2.90. The molecule has 1 aliphatic rings. The SMILES string of the molecule is Cc1cc(S(=O)(=O)NCCOCCOCCNC(=O)NCCCCNC=O)ccc1O[C@@H]1CCc2c(C)cc(Cl)cc21. The lowest BCUT2D eigenvalue weighted by Crippen LogP contribution is -2.38. The van der Waals surface area contributed by atoms with Gasteiger partial charge in [-0.2, -0.15) is 0 Å². The third-order valence-electron chi connectivity index (χ3n) is 6.76. The molecule has 2 aromatic carbocycles. The number of aryl methyl sites for hydroxylation is 2. The summed E-state index contributed by atoms with van der Waals surface area (Å²) < 4.78 is 45.2. The van der Waals surface area contributed by atoms with E-state index < -0.39 is 10.0 Å². The Bertz CT molecular complexity index is 1290. The average molecular weight is 625 g/mol. The second-order valence-electron chi connectivity index (χ2n) is 9.95. The van der Waals surface area contributed by atoms with Crippen molar-refractivity contribution in [3.8, 4) is 5.75 Å². The lowest BCUT2D eigenvalue weighted by Gasteiger charge is -2.18. The second kappa shape index (κ2) is 17.3. The van der Waals surface area contributed by atoms with Crippen molar-refractivity contribution in [2.45, 2.75) is 50.5 Å². The molecular formula is C29H41ClN4O7S. The van der Waals surface area contributed by atoms with Crippen molar-refractivity contribution in [1.29, 1.82) is 0 Å². The molecule has 0 heterocycles. The molecule has 0 aromatic heterocycles. The van der Waals surface area contributed by atoms with Crippen LogP contribution in [0.3, 0.4) is 0 Å². The molecule has 3 amide bonds. The van der Waals surface area contributed by atoms with Crippen molar-refractivity contribution in [2.24, 2.45) is 0 Å². The first-order chi connectivity index (χ1) is 20.2. The Kier molecular flexibility index (Phi) is 13.8. The topological polar surface area (TPSA) is 144 Å². The number of hydrogen-bond acceptors (Lipinski definition) is 7. The van der Waals surface area contributed by atoms with Crippen LogP contribution >= 0.6 is 11.6 Å². The number of amides is 3. The molecule has 0 unspecified atom stereocenters. The first kappa shape index (κ1) is 33.6. The molecule has 0 spiro atoms. The highest BCUT2D eigenvalue weighted by molar-refractivity contribution is 7.89. The van der Waals surface area contributed by atoms with E-state index in [0.717, 1.165) is 42.4 Å². The zero-order valence-electron chi connectivity index (χ0n) is 24.2. The number of carbonyl (C=O) groups is 2. The van der Waals surface area contributed by atoms with Crippen molar-refractivity contribution in [2.75, 3.05) is 52.6 Å². The van der Waals surface area contributed by atoms with Gasteiger partial charge in [0.1, 0.15) is 11.9 Å². The molecule has 13 heteroatoms. The Morgan fingerprint density at radius 1 is 0.952 bits per heavy atom. The molecule has 0 saturated carbocycles. The number of hydrogen-bond donors (Lipinski definition) is 4. The van der Waals surface area contributed by atoms with Crippen LogP contribution in [0.25, 0.3) is 0 Å². The number of benzene rings is 2. The van der Waals surface area contributed by atoms with Crippen LogP contribution in [0.1, 0.15) is 47.6 Å². The highest BCUT2D eigenvalue weighted by Crippen LogP contribution is 2.39. The van der Waals surface area contributed by atoms with Gasteiger partial charge < -0.3 is 30.2 Å². The molecule has 0 bridgehead atoms. The number of urea groups is 1. The maximum absolute atomic E-state index is 12.8. The maximum atomic E-state index is 12.8. The van der Waals surface area contributed by atoms with Gasteiger partial charge in [0.05, 0.1) is 31.3 Å². The first-order valence-electron chi connectivity index (χ1n) is 14.1. The summed E-state index contributed by atoms with van der Waals surface area (Å²) in [6.07, 6.45) is 3.87. The van der Waals surface area contributed by atoms with Crippen LogP contribution in [0.2, 0.25) is 5.02 Å². The van der Waals surface area contributed by atoms with Gasteiger partial charge in [-0.1, -0.05) is 11.6 Å². The van der Waals surface area contributed by atoms with Crippen LogP contribution < -0.4 is 25.4 Å². The molecule has 1 atom stereocenters. The zero-order chi connectivity index (χ0) is 30.4. The molecule has 0 radical (unpaired) electrons. The number of nitrogens with one attached hydrogen (secondary N) is 4. The number of rotatable bonds is 19. The molecule has 11 nitrogen and oxygen atoms in total. The lowest BCUT2D eigenvalue weighted by molar-refractivity contribution is -0.109. The lowest BCUT2D eigenvalue weighted by atomic mass is 10.0. The predicted octanol–water partition coefficient (Wildman–Crippen LogP) is 3.16. The highest BCUT2D eigenvalue weighted by atomic mass is 35.5. The van der Waals surface area contributed by atoms with Gasteiger partial charge in [-0.25, -0.2) is 17.9 Å². The molecule has 232 valence electrons. The van der Waals surface area contributed by atoms with Crippen LogP contribution in [-0.4, -0.2) is 73.5 Å². The largest absolute Gasteiger partial charge is 0.485 e. The van der Waals surface area contributed by atoms with Gasteiger partial charge in [0.2, 0.25) is 16.4 Å². The van der Waals surface area contributed by atoms with E-state index in [4.69, 9.17) is 25.8 Å². The summed E-state index contributed by atoms with van der Waals surface area (Å²) in [5.74, 6) is 0.642. The van der Waals surface area contributed by atoms with Crippen molar-refractivity contribution in [3.63, 3.8) is 0 Å². The summed E-state index contributed by atoms with van der Waals surface area (Å²) >= 11 is 6.26. The van der Waals surface area contributed by atoms with Gasteiger partial charge in [0, 0.05) is 31.2 Å². The molecule has 0 aliphatic heterocycles. The monoisotopic (exact) mass is 624 g/mol. The van der Waals surface area contributed by atoms with Gasteiger partial charge >= 0.3 is 6.03 Å². The van der Waals surface area contributed by atoms with Gasteiger partial charge in [-0.3, -0.25) is 4.79 Å². The van der Waals surface area contributed by atoms with Crippen molar-refractivity contribution in [1.82, 2.24) is 20.7 Å².